The van der Waals surface area contributed by atoms with E-state index in [-0.39, 0.29) is 5.91 Å². The Hall–Kier alpha value is -1.52. The zero-order valence-electron chi connectivity index (χ0n) is 13.7. The number of ether oxygens (including phenoxy) is 1. The van der Waals surface area contributed by atoms with Gasteiger partial charge in [-0.2, -0.15) is 0 Å². The fraction of sp³-hybridized carbons (Fsp3) is 0.500. The summed E-state index contributed by atoms with van der Waals surface area (Å²) >= 11 is 6.26. The van der Waals surface area contributed by atoms with Gasteiger partial charge in [0.2, 0.25) is 0 Å². The molecular weight excluding hydrogens is 312 g/mol. The van der Waals surface area contributed by atoms with Crippen LogP contribution in [-0.2, 0) is 11.8 Å². The number of benzene rings is 1. The smallest absolute Gasteiger partial charge is 0.270 e. The molecular formula is C18H23ClN2O2. The number of carbonyl (C=O) groups excluding carboxylic acids is 1. The van der Waals surface area contributed by atoms with Gasteiger partial charge >= 0.3 is 0 Å². The van der Waals surface area contributed by atoms with Crippen molar-refractivity contribution in [3.8, 4) is 0 Å². The monoisotopic (exact) mass is 334 g/mol. The van der Waals surface area contributed by atoms with Crippen LogP contribution in [0.2, 0.25) is 5.02 Å². The normalized spacial score (nSPS) is 17.8. The molecule has 4 nitrogen and oxygen atoms in total. The van der Waals surface area contributed by atoms with E-state index in [1.165, 1.54) is 0 Å². The Morgan fingerprint density at radius 2 is 2.30 bits per heavy atom. The highest BCUT2D eigenvalue weighted by molar-refractivity contribution is 6.35. The summed E-state index contributed by atoms with van der Waals surface area (Å²) in [5, 5.41) is 1.67. The lowest BCUT2D eigenvalue weighted by molar-refractivity contribution is 0.0755. The van der Waals surface area contributed by atoms with Crippen molar-refractivity contribution in [3.63, 3.8) is 0 Å². The summed E-state index contributed by atoms with van der Waals surface area (Å²) in [7, 11) is 3.75. The number of carbonyl (C=O) groups is 1. The molecule has 1 aliphatic heterocycles. The first-order chi connectivity index (χ1) is 11.1. The minimum absolute atomic E-state index is 0.0344. The Balaban J connectivity index is 1.67. The number of nitrogens with zero attached hydrogens (tertiary/aromatic N) is 2. The van der Waals surface area contributed by atoms with Crippen molar-refractivity contribution >= 4 is 28.4 Å². The molecule has 1 aliphatic rings. The first kappa shape index (κ1) is 16.3. The molecule has 1 aromatic carbocycles. The van der Waals surface area contributed by atoms with Crippen LogP contribution in [-0.4, -0.2) is 41.7 Å². The molecule has 124 valence electrons. The van der Waals surface area contributed by atoms with Crippen LogP contribution in [0.15, 0.2) is 24.3 Å². The SMILES string of the molecule is CN(CCC[C@H]1CCCO1)C(=O)c1cc2cccc(Cl)c2n1C. The lowest BCUT2D eigenvalue weighted by atomic mass is 10.1. The van der Waals surface area contributed by atoms with E-state index in [9.17, 15) is 4.79 Å². The Labute approximate surface area is 142 Å². The number of halogens is 1. The molecule has 1 fully saturated rings. The summed E-state index contributed by atoms with van der Waals surface area (Å²) in [6, 6.07) is 7.66. The quantitative estimate of drug-likeness (QED) is 0.832. The lowest BCUT2D eigenvalue weighted by Crippen LogP contribution is -2.29. The van der Waals surface area contributed by atoms with Crippen LogP contribution < -0.4 is 0 Å². The maximum absolute atomic E-state index is 12.7. The highest BCUT2D eigenvalue weighted by Gasteiger charge is 2.19. The Morgan fingerprint density at radius 3 is 3.00 bits per heavy atom. The summed E-state index contributed by atoms with van der Waals surface area (Å²) in [5.74, 6) is 0.0344. The summed E-state index contributed by atoms with van der Waals surface area (Å²) in [6.07, 6.45) is 4.70. The Morgan fingerprint density at radius 1 is 1.48 bits per heavy atom. The molecule has 0 radical (unpaired) electrons. The first-order valence-corrected chi connectivity index (χ1v) is 8.56. The van der Waals surface area contributed by atoms with Gasteiger partial charge in [-0.05, 0) is 37.8 Å². The van der Waals surface area contributed by atoms with Gasteiger partial charge in [0.15, 0.2) is 0 Å². The zero-order chi connectivity index (χ0) is 16.4. The topological polar surface area (TPSA) is 34.5 Å². The molecule has 0 spiro atoms. The molecule has 1 saturated heterocycles. The second-order valence-electron chi connectivity index (χ2n) is 6.27. The number of rotatable bonds is 5. The van der Waals surface area contributed by atoms with E-state index < -0.39 is 0 Å². The second kappa shape index (κ2) is 6.93. The van der Waals surface area contributed by atoms with Crippen molar-refractivity contribution in [1.82, 2.24) is 9.47 Å². The molecule has 1 atom stereocenters. The first-order valence-electron chi connectivity index (χ1n) is 8.19. The Kier molecular flexibility index (Phi) is 4.93. The molecule has 2 aromatic rings. The molecule has 0 N–H and O–H groups in total. The van der Waals surface area contributed by atoms with Gasteiger partial charge in [0, 0.05) is 32.6 Å². The van der Waals surface area contributed by atoms with Crippen LogP contribution in [0, 0.1) is 0 Å². The molecule has 1 amide bonds. The van der Waals surface area contributed by atoms with Crippen LogP contribution in [0.3, 0.4) is 0 Å². The van der Waals surface area contributed by atoms with Crippen molar-refractivity contribution in [1.29, 1.82) is 0 Å². The molecule has 1 aromatic heterocycles. The van der Waals surface area contributed by atoms with Crippen LogP contribution in [0.25, 0.3) is 10.9 Å². The maximum atomic E-state index is 12.7. The van der Waals surface area contributed by atoms with Crippen LogP contribution in [0.4, 0.5) is 0 Å². The minimum atomic E-state index is 0.0344. The van der Waals surface area contributed by atoms with Crippen LogP contribution in [0.5, 0.6) is 0 Å². The molecule has 3 rings (SSSR count). The standard InChI is InChI=1S/C18H23ClN2O2/c1-20(10-4-7-14-8-5-11-23-14)18(22)16-12-13-6-3-9-15(19)17(13)21(16)2/h3,6,9,12,14H,4-5,7-8,10-11H2,1-2H3/t14-/m0/s1. The number of hydrogen-bond acceptors (Lipinski definition) is 2. The van der Waals surface area contributed by atoms with Gasteiger partial charge in [0.05, 0.1) is 16.6 Å². The van der Waals surface area contributed by atoms with E-state index in [1.54, 1.807) is 4.90 Å². The van der Waals surface area contributed by atoms with Gasteiger partial charge in [-0.25, -0.2) is 0 Å². The summed E-state index contributed by atoms with van der Waals surface area (Å²) < 4.78 is 7.52. The number of amides is 1. The van der Waals surface area contributed by atoms with Gasteiger partial charge in [-0.3, -0.25) is 4.79 Å². The third-order valence-electron chi connectivity index (χ3n) is 4.62. The number of hydrogen-bond donors (Lipinski definition) is 0. The number of fused-ring (bicyclic) bond motifs is 1. The largest absolute Gasteiger partial charge is 0.378 e. The average molecular weight is 335 g/mol. The van der Waals surface area contributed by atoms with Gasteiger partial charge in [-0.15, -0.1) is 0 Å². The van der Waals surface area contributed by atoms with E-state index in [0.717, 1.165) is 49.7 Å². The summed E-state index contributed by atoms with van der Waals surface area (Å²) in [5.41, 5.74) is 1.58. The van der Waals surface area contributed by atoms with E-state index in [1.807, 2.05) is 42.9 Å². The highest BCUT2D eigenvalue weighted by atomic mass is 35.5. The molecule has 2 heterocycles. The number of aromatic nitrogens is 1. The fourth-order valence-corrected chi connectivity index (χ4v) is 3.61. The van der Waals surface area contributed by atoms with Crippen molar-refractivity contribution in [2.75, 3.05) is 20.2 Å². The third-order valence-corrected chi connectivity index (χ3v) is 4.92. The van der Waals surface area contributed by atoms with Crippen LogP contribution in [0.1, 0.15) is 36.2 Å². The van der Waals surface area contributed by atoms with E-state index in [0.29, 0.717) is 16.8 Å². The van der Waals surface area contributed by atoms with Crippen molar-refractivity contribution in [2.24, 2.45) is 7.05 Å². The predicted molar refractivity (Wildman–Crippen MR) is 93.1 cm³/mol. The second-order valence-corrected chi connectivity index (χ2v) is 6.68. The fourth-order valence-electron chi connectivity index (χ4n) is 3.30. The molecule has 0 unspecified atom stereocenters. The third kappa shape index (κ3) is 3.38. The van der Waals surface area contributed by atoms with E-state index >= 15 is 0 Å². The summed E-state index contributed by atoms with van der Waals surface area (Å²) in [4.78, 5) is 14.5. The van der Waals surface area contributed by atoms with Crippen molar-refractivity contribution in [3.05, 3.63) is 35.0 Å². The average Bonchev–Trinajstić information content (AvgIpc) is 3.15. The van der Waals surface area contributed by atoms with E-state index in [2.05, 4.69) is 0 Å². The van der Waals surface area contributed by atoms with Gasteiger partial charge in [0.1, 0.15) is 5.69 Å². The van der Waals surface area contributed by atoms with Gasteiger partial charge < -0.3 is 14.2 Å². The summed E-state index contributed by atoms with van der Waals surface area (Å²) in [6.45, 7) is 1.63. The molecule has 5 heteroatoms. The zero-order valence-corrected chi connectivity index (χ0v) is 14.5. The number of para-hydroxylation sites is 1. The lowest BCUT2D eigenvalue weighted by Gasteiger charge is -2.18. The molecule has 0 saturated carbocycles. The predicted octanol–water partition coefficient (Wildman–Crippen LogP) is 3.86. The van der Waals surface area contributed by atoms with Crippen LogP contribution >= 0.6 is 11.6 Å². The molecule has 23 heavy (non-hydrogen) atoms. The number of aryl methyl sites for hydroxylation is 1. The van der Waals surface area contributed by atoms with Gasteiger partial charge in [-0.1, -0.05) is 23.7 Å². The molecule has 0 aliphatic carbocycles. The molecule has 0 bridgehead atoms. The maximum Gasteiger partial charge on any atom is 0.270 e. The minimum Gasteiger partial charge on any atom is -0.378 e. The van der Waals surface area contributed by atoms with Crippen molar-refractivity contribution < 1.29 is 9.53 Å². The Bertz CT molecular complexity index is 704. The van der Waals surface area contributed by atoms with Gasteiger partial charge in [0.25, 0.3) is 5.91 Å². The highest BCUT2D eigenvalue weighted by Crippen LogP contribution is 2.26. The van der Waals surface area contributed by atoms with Crippen molar-refractivity contribution in [2.45, 2.75) is 31.8 Å². The van der Waals surface area contributed by atoms with E-state index in [4.69, 9.17) is 16.3 Å².